The molecule has 0 radical (unpaired) electrons. The molecule has 0 aromatic heterocycles. The van der Waals surface area contributed by atoms with Crippen LogP contribution in [0.5, 0.6) is 5.75 Å². The molecule has 1 aromatic rings. The number of Topliss-reactive ketones (excluding diaryl/α,β-unsaturated/α-hetero) is 1. The maximum absolute atomic E-state index is 11.8. The van der Waals surface area contributed by atoms with Gasteiger partial charge in [0.2, 0.25) is 0 Å². The van der Waals surface area contributed by atoms with Crippen LogP contribution in [0.3, 0.4) is 0 Å². The highest BCUT2D eigenvalue weighted by molar-refractivity contribution is 5.99. The predicted octanol–water partition coefficient (Wildman–Crippen LogP) is 1.96. The summed E-state index contributed by atoms with van der Waals surface area (Å²) in [6, 6.07) is 4.77. The van der Waals surface area contributed by atoms with Gasteiger partial charge in [0.15, 0.2) is 5.78 Å². The lowest BCUT2D eigenvalue weighted by atomic mass is 9.97. The van der Waals surface area contributed by atoms with E-state index in [2.05, 4.69) is 5.32 Å². The first-order valence-electron chi connectivity index (χ1n) is 8.30. The molecule has 2 unspecified atom stereocenters. The van der Waals surface area contributed by atoms with E-state index in [1.807, 2.05) is 0 Å². The van der Waals surface area contributed by atoms with Gasteiger partial charge in [0, 0.05) is 13.0 Å². The molecule has 1 heterocycles. The van der Waals surface area contributed by atoms with Crippen LogP contribution >= 0.6 is 0 Å². The van der Waals surface area contributed by atoms with E-state index in [1.165, 1.54) is 0 Å². The number of ether oxygens (including phenoxy) is 2. The van der Waals surface area contributed by atoms with Gasteiger partial charge in [-0.3, -0.25) is 4.79 Å². The number of carbonyl (C=O) groups is 2. The quantitative estimate of drug-likeness (QED) is 0.749. The van der Waals surface area contributed by atoms with Crippen LogP contribution < -0.4 is 10.1 Å². The van der Waals surface area contributed by atoms with Gasteiger partial charge in [-0.05, 0) is 44.9 Å². The molecule has 7 nitrogen and oxygen atoms in total. The Morgan fingerprint density at radius 1 is 1.36 bits per heavy atom. The normalized spacial score (nSPS) is 16.4. The number of fused-ring (bicyclic) bond motifs is 1. The molecule has 1 aliphatic rings. The number of nitrogens with one attached hydrogen (secondary N) is 1. The average molecular weight is 351 g/mol. The molecule has 0 aliphatic carbocycles. The SMILES string of the molecule is CC(C)(C)OC(=O)NCCC(O)C(O)c1ccc2c(c1)OCCC2=O. The Labute approximate surface area is 146 Å². The predicted molar refractivity (Wildman–Crippen MR) is 90.7 cm³/mol. The molecule has 25 heavy (non-hydrogen) atoms. The van der Waals surface area contributed by atoms with Crippen LogP contribution in [0.1, 0.15) is 55.6 Å². The Morgan fingerprint density at radius 3 is 2.76 bits per heavy atom. The van der Waals surface area contributed by atoms with E-state index in [9.17, 15) is 19.8 Å². The van der Waals surface area contributed by atoms with Gasteiger partial charge in [0.1, 0.15) is 17.5 Å². The summed E-state index contributed by atoms with van der Waals surface area (Å²) in [7, 11) is 0. The Balaban J connectivity index is 1.89. The summed E-state index contributed by atoms with van der Waals surface area (Å²) >= 11 is 0. The molecule has 138 valence electrons. The zero-order chi connectivity index (χ0) is 18.6. The van der Waals surface area contributed by atoms with E-state index in [0.717, 1.165) is 0 Å². The van der Waals surface area contributed by atoms with Crippen LogP contribution in [-0.2, 0) is 4.74 Å². The molecule has 0 bridgehead atoms. The monoisotopic (exact) mass is 351 g/mol. The zero-order valence-corrected chi connectivity index (χ0v) is 14.7. The van der Waals surface area contributed by atoms with Crippen molar-refractivity contribution >= 4 is 11.9 Å². The summed E-state index contributed by atoms with van der Waals surface area (Å²) in [4.78, 5) is 23.3. The number of amides is 1. The van der Waals surface area contributed by atoms with Crippen molar-refractivity contribution in [3.05, 3.63) is 29.3 Å². The lowest BCUT2D eigenvalue weighted by molar-refractivity contribution is 0.0122. The lowest BCUT2D eigenvalue weighted by Gasteiger charge is -2.22. The van der Waals surface area contributed by atoms with E-state index in [4.69, 9.17) is 9.47 Å². The number of hydrogen-bond donors (Lipinski definition) is 3. The van der Waals surface area contributed by atoms with Gasteiger partial charge in [-0.2, -0.15) is 0 Å². The fourth-order valence-corrected chi connectivity index (χ4v) is 2.48. The third kappa shape index (κ3) is 5.44. The van der Waals surface area contributed by atoms with Gasteiger partial charge in [-0.1, -0.05) is 6.07 Å². The van der Waals surface area contributed by atoms with Crippen LogP contribution in [-0.4, -0.2) is 46.9 Å². The van der Waals surface area contributed by atoms with Gasteiger partial charge >= 0.3 is 6.09 Å². The Hall–Kier alpha value is -2.12. The number of alkyl carbamates (subject to hydrolysis) is 1. The van der Waals surface area contributed by atoms with Gasteiger partial charge < -0.3 is 25.0 Å². The van der Waals surface area contributed by atoms with Crippen LogP contribution in [0, 0.1) is 0 Å². The minimum Gasteiger partial charge on any atom is -0.492 e. The number of benzene rings is 1. The third-order valence-electron chi connectivity index (χ3n) is 3.71. The minimum atomic E-state index is -1.15. The maximum atomic E-state index is 11.8. The molecule has 7 heteroatoms. The highest BCUT2D eigenvalue weighted by Crippen LogP contribution is 2.29. The average Bonchev–Trinajstić information content (AvgIpc) is 2.52. The van der Waals surface area contributed by atoms with E-state index >= 15 is 0 Å². The fourth-order valence-electron chi connectivity index (χ4n) is 2.48. The van der Waals surface area contributed by atoms with Gasteiger partial charge in [0.25, 0.3) is 0 Å². The van der Waals surface area contributed by atoms with Crippen molar-refractivity contribution in [3.63, 3.8) is 0 Å². The standard InChI is InChI=1S/C18H25NO6/c1-18(2,3)25-17(23)19-8-6-14(21)16(22)11-4-5-12-13(20)7-9-24-15(12)10-11/h4-5,10,14,16,21-22H,6-9H2,1-3H3,(H,19,23). The van der Waals surface area contributed by atoms with Crippen molar-refractivity contribution in [2.24, 2.45) is 0 Å². The molecule has 0 fully saturated rings. The molecule has 0 saturated heterocycles. The number of ketones is 1. The first-order chi connectivity index (χ1) is 11.7. The molecule has 2 rings (SSSR count). The second-order valence-corrected chi connectivity index (χ2v) is 7.01. The number of aliphatic hydroxyl groups is 2. The van der Waals surface area contributed by atoms with Crippen molar-refractivity contribution < 1.29 is 29.3 Å². The Bertz CT molecular complexity index is 637. The summed E-state index contributed by atoms with van der Waals surface area (Å²) in [5.41, 5.74) is 0.351. The molecule has 0 saturated carbocycles. The highest BCUT2D eigenvalue weighted by Gasteiger charge is 2.24. The molecule has 2 atom stereocenters. The molecule has 3 N–H and O–H groups in total. The van der Waals surface area contributed by atoms with Crippen molar-refractivity contribution in [1.29, 1.82) is 0 Å². The zero-order valence-electron chi connectivity index (χ0n) is 14.7. The van der Waals surface area contributed by atoms with Crippen molar-refractivity contribution in [1.82, 2.24) is 5.32 Å². The van der Waals surface area contributed by atoms with Crippen LogP contribution in [0.2, 0.25) is 0 Å². The van der Waals surface area contributed by atoms with Crippen LogP contribution in [0.25, 0.3) is 0 Å². The first kappa shape index (κ1) is 19.2. The number of aliphatic hydroxyl groups excluding tert-OH is 2. The van der Waals surface area contributed by atoms with Crippen LogP contribution in [0.4, 0.5) is 4.79 Å². The first-order valence-corrected chi connectivity index (χ1v) is 8.30. The van der Waals surface area contributed by atoms with Crippen molar-refractivity contribution in [2.75, 3.05) is 13.2 Å². The second-order valence-electron chi connectivity index (χ2n) is 7.01. The Morgan fingerprint density at radius 2 is 2.08 bits per heavy atom. The highest BCUT2D eigenvalue weighted by atomic mass is 16.6. The number of carbonyl (C=O) groups excluding carboxylic acids is 2. The van der Waals surface area contributed by atoms with E-state index in [0.29, 0.717) is 29.9 Å². The van der Waals surface area contributed by atoms with Gasteiger partial charge in [-0.15, -0.1) is 0 Å². The number of rotatable bonds is 5. The number of hydrogen-bond acceptors (Lipinski definition) is 6. The summed E-state index contributed by atoms with van der Waals surface area (Å²) in [5, 5.41) is 22.9. The molecule has 0 spiro atoms. The second kappa shape index (κ2) is 7.84. The summed E-state index contributed by atoms with van der Waals surface area (Å²) in [6.07, 6.45) is -2.31. The minimum absolute atomic E-state index is 0.00407. The molecular weight excluding hydrogens is 326 g/mol. The van der Waals surface area contributed by atoms with E-state index in [1.54, 1.807) is 39.0 Å². The summed E-state index contributed by atoms with van der Waals surface area (Å²) < 4.78 is 10.5. The van der Waals surface area contributed by atoms with E-state index in [-0.39, 0.29) is 18.7 Å². The van der Waals surface area contributed by atoms with Crippen LogP contribution in [0.15, 0.2) is 18.2 Å². The summed E-state index contributed by atoms with van der Waals surface area (Å²) in [5.74, 6) is 0.427. The van der Waals surface area contributed by atoms with E-state index < -0.39 is 23.9 Å². The maximum Gasteiger partial charge on any atom is 0.407 e. The van der Waals surface area contributed by atoms with Crippen molar-refractivity contribution in [2.45, 2.75) is 51.4 Å². The summed E-state index contributed by atoms with van der Waals surface area (Å²) in [6.45, 7) is 5.75. The van der Waals surface area contributed by atoms with Gasteiger partial charge in [0.05, 0.1) is 18.3 Å². The van der Waals surface area contributed by atoms with Crippen molar-refractivity contribution in [3.8, 4) is 5.75 Å². The smallest absolute Gasteiger partial charge is 0.407 e. The lowest BCUT2D eigenvalue weighted by Crippen LogP contribution is -2.34. The fraction of sp³-hybridized carbons (Fsp3) is 0.556. The molecule has 1 aliphatic heterocycles. The Kier molecular flexibility index (Phi) is 6.02. The third-order valence-corrected chi connectivity index (χ3v) is 3.71. The molecule has 1 aromatic carbocycles. The molecule has 1 amide bonds. The topological polar surface area (TPSA) is 105 Å². The molecular formula is C18H25NO6. The largest absolute Gasteiger partial charge is 0.492 e. The van der Waals surface area contributed by atoms with Gasteiger partial charge in [-0.25, -0.2) is 4.79 Å².